The van der Waals surface area contributed by atoms with Crippen molar-refractivity contribution in [2.45, 2.75) is 92.9 Å². The summed E-state index contributed by atoms with van der Waals surface area (Å²) < 4.78 is 28.2. The van der Waals surface area contributed by atoms with E-state index in [1.807, 2.05) is 6.92 Å². The normalized spacial score (nSPS) is 41.7. The highest BCUT2D eigenvalue weighted by molar-refractivity contribution is 7.48. The van der Waals surface area contributed by atoms with Gasteiger partial charge in [0, 0.05) is 25.2 Å². The van der Waals surface area contributed by atoms with Crippen LogP contribution in [0.1, 0.15) is 92.9 Å². The van der Waals surface area contributed by atoms with Crippen molar-refractivity contribution < 1.29 is 22.9 Å². The number of nitriles is 1. The van der Waals surface area contributed by atoms with Crippen LogP contribution in [-0.4, -0.2) is 20.0 Å². The summed E-state index contributed by atoms with van der Waals surface area (Å²) in [6, 6.07) is 2.69. The molecule has 0 aromatic heterocycles. The molecule has 6 nitrogen and oxygen atoms in total. The predicted molar refractivity (Wildman–Crippen MR) is 151 cm³/mol. The van der Waals surface area contributed by atoms with Crippen LogP contribution in [0, 0.1) is 44.3 Å². The van der Waals surface area contributed by atoms with Crippen molar-refractivity contribution in [1.82, 2.24) is 0 Å². The molecular formula is C32H44NO5P. The van der Waals surface area contributed by atoms with E-state index in [9.17, 15) is 14.6 Å². The summed E-state index contributed by atoms with van der Waals surface area (Å²) in [4.78, 5) is 13.4. The number of phosphoric acid groups is 1. The molecule has 212 valence electrons. The Bertz CT molecular complexity index is 1330. The van der Waals surface area contributed by atoms with Gasteiger partial charge in [0.05, 0.1) is 11.5 Å². The molecule has 0 amide bonds. The van der Waals surface area contributed by atoms with Crippen LogP contribution in [0.15, 0.2) is 46.3 Å². The number of carbonyl (C=O) groups excluding carboxylic acids is 1. The highest BCUT2D eigenvalue weighted by Crippen LogP contribution is 2.76. The van der Waals surface area contributed by atoms with E-state index >= 15 is 0 Å². The molecule has 0 bridgehead atoms. The topological polar surface area (TPSA) is 85.6 Å². The van der Waals surface area contributed by atoms with Crippen LogP contribution in [0.2, 0.25) is 0 Å². The lowest BCUT2D eigenvalue weighted by molar-refractivity contribution is -0.166. The Morgan fingerprint density at radius 2 is 1.69 bits per heavy atom. The fraction of sp³-hybridized carbons (Fsp3) is 0.688. The van der Waals surface area contributed by atoms with Gasteiger partial charge in [0.2, 0.25) is 5.78 Å². The van der Waals surface area contributed by atoms with E-state index in [4.69, 9.17) is 13.6 Å². The van der Waals surface area contributed by atoms with Crippen molar-refractivity contribution in [2.24, 2.45) is 33.0 Å². The van der Waals surface area contributed by atoms with Gasteiger partial charge in [-0.2, -0.15) is 5.26 Å². The zero-order chi connectivity index (χ0) is 28.6. The fourth-order valence-electron chi connectivity index (χ4n) is 9.49. The molecule has 3 fully saturated rings. The van der Waals surface area contributed by atoms with Crippen molar-refractivity contribution >= 4 is 13.6 Å². The molecule has 0 aromatic carbocycles. The summed E-state index contributed by atoms with van der Waals surface area (Å²) in [7, 11) is -1.38. The number of nitrogens with zero attached hydrogens (tertiary/aromatic N) is 1. The first-order valence-corrected chi connectivity index (χ1v) is 15.9. The van der Waals surface area contributed by atoms with Crippen LogP contribution in [-0.2, 0) is 22.9 Å². The number of hydrogen-bond donors (Lipinski definition) is 0. The number of rotatable bonds is 5. The SMILES string of the molecule is CC[C@@]12CC[C@@]3(C)C4=CC(=O)C(OP(=O)(OC)OC)=C(C)C4=CC=C3[C@@]1(C)CC[C@@]1(C)CC[C@@](C)(C#N)C[C@H]12. The molecule has 7 heteroatoms. The minimum Gasteiger partial charge on any atom is -0.400 e. The van der Waals surface area contributed by atoms with Crippen molar-refractivity contribution in [3.05, 3.63) is 46.3 Å². The van der Waals surface area contributed by atoms with E-state index < -0.39 is 7.82 Å². The van der Waals surface area contributed by atoms with Crippen molar-refractivity contribution in [3.63, 3.8) is 0 Å². The van der Waals surface area contributed by atoms with Crippen molar-refractivity contribution in [3.8, 4) is 6.07 Å². The van der Waals surface area contributed by atoms with Gasteiger partial charge in [-0.25, -0.2) is 4.57 Å². The molecule has 0 spiro atoms. The molecule has 5 aliphatic rings. The van der Waals surface area contributed by atoms with E-state index in [1.165, 1.54) is 26.2 Å². The third-order valence-corrected chi connectivity index (χ3v) is 13.4. The number of fused-ring (bicyclic) bond motifs is 7. The monoisotopic (exact) mass is 553 g/mol. The minimum absolute atomic E-state index is 0.0221. The lowest BCUT2D eigenvalue weighted by atomic mass is 9.33. The number of phosphoric ester groups is 1. The zero-order valence-corrected chi connectivity index (χ0v) is 25.8. The maximum Gasteiger partial charge on any atom is 0.529 e. The first-order valence-electron chi connectivity index (χ1n) is 14.4. The van der Waals surface area contributed by atoms with E-state index in [2.05, 4.69) is 52.8 Å². The second-order valence-electron chi connectivity index (χ2n) is 13.7. The molecule has 0 unspecified atom stereocenters. The standard InChI is InChI=1S/C32H44NO5P/c1-9-32-17-15-30(5)23-18-24(34)27(38-39(35,36-7)37-8)21(2)22(23)10-11-25(30)31(32,6)16-14-29(4)13-12-28(3,20-33)19-26(29)32/h10-11,18,26H,9,12-17,19H2,1-8H3/t26-,28-,29-,30+,31-,32+/m1/s1. The van der Waals surface area contributed by atoms with Crippen LogP contribution in [0.4, 0.5) is 0 Å². The second-order valence-corrected chi connectivity index (χ2v) is 15.5. The van der Waals surface area contributed by atoms with Gasteiger partial charge in [-0.3, -0.25) is 13.8 Å². The van der Waals surface area contributed by atoms with Crippen molar-refractivity contribution in [2.75, 3.05) is 14.2 Å². The van der Waals surface area contributed by atoms with Crippen LogP contribution in [0.5, 0.6) is 0 Å². The Hall–Kier alpha value is -1.93. The van der Waals surface area contributed by atoms with Crippen LogP contribution >= 0.6 is 7.82 Å². The summed E-state index contributed by atoms with van der Waals surface area (Å²) in [5.74, 6) is 0.208. The van der Waals surface area contributed by atoms with Gasteiger partial charge in [0.1, 0.15) is 0 Å². The largest absolute Gasteiger partial charge is 0.529 e. The predicted octanol–water partition coefficient (Wildman–Crippen LogP) is 8.39. The van der Waals surface area contributed by atoms with Gasteiger partial charge in [-0.05, 0) is 105 Å². The first kappa shape index (κ1) is 28.6. The van der Waals surface area contributed by atoms with Crippen LogP contribution in [0.3, 0.4) is 0 Å². The van der Waals surface area contributed by atoms with Gasteiger partial charge in [-0.15, -0.1) is 0 Å². The molecule has 0 aliphatic heterocycles. The second kappa shape index (κ2) is 9.04. The van der Waals surface area contributed by atoms with Gasteiger partial charge in [-0.1, -0.05) is 45.4 Å². The number of allylic oxidation sites excluding steroid dienone is 7. The van der Waals surface area contributed by atoms with Gasteiger partial charge >= 0.3 is 7.82 Å². The quantitative estimate of drug-likeness (QED) is 0.318. The Morgan fingerprint density at radius 1 is 1.03 bits per heavy atom. The number of hydrogen-bond acceptors (Lipinski definition) is 6. The number of ketones is 1. The van der Waals surface area contributed by atoms with Gasteiger partial charge < -0.3 is 4.52 Å². The molecule has 5 aliphatic carbocycles. The molecule has 0 radical (unpaired) electrons. The molecular weight excluding hydrogens is 509 g/mol. The summed E-state index contributed by atoms with van der Waals surface area (Å²) in [5, 5.41) is 10.1. The smallest absolute Gasteiger partial charge is 0.400 e. The van der Waals surface area contributed by atoms with Crippen LogP contribution < -0.4 is 0 Å². The van der Waals surface area contributed by atoms with Gasteiger partial charge in [0.25, 0.3) is 0 Å². The summed E-state index contributed by atoms with van der Waals surface area (Å²) >= 11 is 0. The Morgan fingerprint density at radius 3 is 2.31 bits per heavy atom. The molecule has 39 heavy (non-hydrogen) atoms. The average molecular weight is 554 g/mol. The van der Waals surface area contributed by atoms with E-state index in [0.717, 1.165) is 56.1 Å². The highest BCUT2D eigenvalue weighted by atomic mass is 31.2. The summed E-state index contributed by atoms with van der Waals surface area (Å²) in [5.41, 5.74) is 3.86. The minimum atomic E-state index is -3.87. The third kappa shape index (κ3) is 3.79. The molecule has 3 saturated carbocycles. The molecule has 0 aromatic rings. The maximum absolute atomic E-state index is 13.4. The summed E-state index contributed by atoms with van der Waals surface area (Å²) in [6.45, 7) is 13.7. The molecule has 0 heterocycles. The zero-order valence-electron chi connectivity index (χ0n) is 24.9. The van der Waals surface area contributed by atoms with Gasteiger partial charge in [0.15, 0.2) is 5.76 Å². The van der Waals surface area contributed by atoms with E-state index in [1.54, 1.807) is 6.08 Å². The fourth-order valence-corrected chi connectivity index (χ4v) is 10.2. The average Bonchev–Trinajstić information content (AvgIpc) is 2.92. The molecule has 6 atom stereocenters. The molecule has 0 N–H and O–H groups in total. The Labute approximate surface area is 234 Å². The molecule has 0 saturated heterocycles. The van der Waals surface area contributed by atoms with E-state index in [0.29, 0.717) is 11.5 Å². The Kier molecular flexibility index (Phi) is 6.62. The van der Waals surface area contributed by atoms with Crippen molar-refractivity contribution in [1.29, 1.82) is 5.26 Å². The Balaban J connectivity index is 1.62. The summed E-state index contributed by atoms with van der Waals surface area (Å²) in [6.07, 6.45) is 14.6. The highest BCUT2D eigenvalue weighted by Gasteiger charge is 2.67. The maximum atomic E-state index is 13.4. The lowest BCUT2D eigenvalue weighted by Crippen LogP contribution is -2.62. The lowest BCUT2D eigenvalue weighted by Gasteiger charge is -2.70. The van der Waals surface area contributed by atoms with E-state index in [-0.39, 0.29) is 38.6 Å². The molecule has 5 rings (SSSR count). The third-order valence-electron chi connectivity index (χ3n) is 12.1. The van der Waals surface area contributed by atoms with Crippen LogP contribution in [0.25, 0.3) is 0 Å². The number of carbonyl (C=O) groups is 1. The first-order chi connectivity index (χ1) is 18.2.